The van der Waals surface area contributed by atoms with Crippen LogP contribution in [0.1, 0.15) is 18.4 Å². The number of aromatic nitrogens is 2. The van der Waals surface area contributed by atoms with Gasteiger partial charge in [-0.05, 0) is 18.6 Å². The van der Waals surface area contributed by atoms with Crippen LogP contribution in [0.4, 0.5) is 11.6 Å². The van der Waals surface area contributed by atoms with E-state index in [1.165, 1.54) is 30.5 Å². The summed E-state index contributed by atoms with van der Waals surface area (Å²) >= 11 is 5.70. The van der Waals surface area contributed by atoms with Gasteiger partial charge in [-0.3, -0.25) is 20.2 Å². The maximum atomic E-state index is 12.1. The molecule has 0 aliphatic carbocycles. The summed E-state index contributed by atoms with van der Waals surface area (Å²) in [5.74, 6) is -0.880. The zero-order chi connectivity index (χ0) is 15.4. The molecule has 1 atom stereocenters. The molecule has 0 aliphatic rings. The summed E-state index contributed by atoms with van der Waals surface area (Å²) in [5, 5.41) is 13.5. The topological polar surface area (TPSA) is 98.0 Å². The number of halogens is 1. The minimum absolute atomic E-state index is 0.0637. The third kappa shape index (κ3) is 3.73. The van der Waals surface area contributed by atoms with Gasteiger partial charge in [0.25, 0.3) is 5.69 Å². The molecule has 0 saturated carbocycles. The average molecular weight is 307 g/mol. The van der Waals surface area contributed by atoms with E-state index in [9.17, 15) is 14.9 Å². The molecule has 2 aromatic rings. The third-order valence-electron chi connectivity index (χ3n) is 2.83. The number of rotatable bonds is 4. The number of non-ortho nitro benzene ring substituents is 1. The lowest BCUT2D eigenvalue weighted by Gasteiger charge is -2.11. The Morgan fingerprint density at radius 1 is 1.43 bits per heavy atom. The lowest BCUT2D eigenvalue weighted by molar-refractivity contribution is -0.384. The van der Waals surface area contributed by atoms with Gasteiger partial charge < -0.3 is 0 Å². The molecular formula is C13H11ClN4O3. The number of carbonyl (C=O) groups excluding carboxylic acids is 1. The van der Waals surface area contributed by atoms with E-state index in [-0.39, 0.29) is 22.7 Å². The summed E-state index contributed by atoms with van der Waals surface area (Å²) < 4.78 is 0. The Bertz CT molecular complexity index is 693. The summed E-state index contributed by atoms with van der Waals surface area (Å²) in [6.45, 7) is 1.64. The molecule has 8 heteroatoms. The number of amides is 1. The third-order valence-corrected chi connectivity index (χ3v) is 3.04. The second-order valence-corrected chi connectivity index (χ2v) is 4.65. The molecule has 1 unspecified atom stereocenters. The molecule has 0 aliphatic heterocycles. The van der Waals surface area contributed by atoms with Crippen molar-refractivity contribution in [3.05, 3.63) is 57.4 Å². The summed E-state index contributed by atoms with van der Waals surface area (Å²) in [5.41, 5.74) is 0.467. The minimum atomic E-state index is -0.590. The van der Waals surface area contributed by atoms with Crippen LogP contribution in [0, 0.1) is 10.1 Å². The van der Waals surface area contributed by atoms with Gasteiger partial charge in [0.05, 0.1) is 10.8 Å². The van der Waals surface area contributed by atoms with Crippen molar-refractivity contribution in [1.82, 2.24) is 9.97 Å². The maximum Gasteiger partial charge on any atom is 0.269 e. The van der Waals surface area contributed by atoms with Gasteiger partial charge in [-0.2, -0.15) is 0 Å². The fourth-order valence-corrected chi connectivity index (χ4v) is 1.81. The van der Waals surface area contributed by atoms with Crippen LogP contribution in [-0.4, -0.2) is 20.8 Å². The maximum absolute atomic E-state index is 12.1. The average Bonchev–Trinajstić information content (AvgIpc) is 2.46. The smallest absolute Gasteiger partial charge is 0.269 e. The second-order valence-electron chi connectivity index (χ2n) is 4.27. The van der Waals surface area contributed by atoms with Crippen LogP contribution in [0.2, 0.25) is 5.15 Å². The zero-order valence-corrected chi connectivity index (χ0v) is 11.7. The van der Waals surface area contributed by atoms with Crippen molar-refractivity contribution in [2.24, 2.45) is 0 Å². The van der Waals surface area contributed by atoms with E-state index in [1.807, 2.05) is 0 Å². The predicted octanol–water partition coefficient (Wildman–Crippen LogP) is 2.78. The first kappa shape index (κ1) is 14.9. The number of nitro groups is 1. The molecular weight excluding hydrogens is 296 g/mol. The van der Waals surface area contributed by atoms with Crippen molar-refractivity contribution in [2.45, 2.75) is 12.8 Å². The highest BCUT2D eigenvalue weighted by Crippen LogP contribution is 2.21. The molecule has 0 spiro atoms. The van der Waals surface area contributed by atoms with Crippen molar-refractivity contribution in [3.63, 3.8) is 0 Å². The SMILES string of the molecule is CC(C(=O)Nc1nccc(Cl)n1)c1cccc([N+](=O)[O-])c1. The van der Waals surface area contributed by atoms with Crippen molar-refractivity contribution >= 4 is 29.1 Å². The highest BCUT2D eigenvalue weighted by atomic mass is 35.5. The Hall–Kier alpha value is -2.54. The number of nitrogens with one attached hydrogen (secondary N) is 1. The molecule has 1 aromatic carbocycles. The van der Waals surface area contributed by atoms with E-state index in [4.69, 9.17) is 11.6 Å². The second kappa shape index (κ2) is 6.27. The summed E-state index contributed by atoms with van der Waals surface area (Å²) in [6.07, 6.45) is 1.42. The summed E-state index contributed by atoms with van der Waals surface area (Å²) in [7, 11) is 0. The lowest BCUT2D eigenvalue weighted by Crippen LogP contribution is -2.20. The van der Waals surface area contributed by atoms with E-state index in [0.29, 0.717) is 5.56 Å². The van der Waals surface area contributed by atoms with E-state index < -0.39 is 10.8 Å². The van der Waals surface area contributed by atoms with E-state index >= 15 is 0 Å². The number of hydrogen-bond donors (Lipinski definition) is 1. The van der Waals surface area contributed by atoms with Crippen LogP contribution in [0.25, 0.3) is 0 Å². The number of hydrogen-bond acceptors (Lipinski definition) is 5. The van der Waals surface area contributed by atoms with Crippen LogP contribution in [0.3, 0.4) is 0 Å². The van der Waals surface area contributed by atoms with E-state index in [1.54, 1.807) is 13.0 Å². The molecule has 1 N–H and O–H groups in total. The highest BCUT2D eigenvalue weighted by Gasteiger charge is 2.18. The first-order valence-corrected chi connectivity index (χ1v) is 6.39. The van der Waals surface area contributed by atoms with Gasteiger partial charge in [0, 0.05) is 18.3 Å². The van der Waals surface area contributed by atoms with Gasteiger partial charge in [-0.1, -0.05) is 23.7 Å². The van der Waals surface area contributed by atoms with Gasteiger partial charge in [0.1, 0.15) is 5.15 Å². The molecule has 21 heavy (non-hydrogen) atoms. The number of benzene rings is 1. The van der Waals surface area contributed by atoms with Crippen LogP contribution in [-0.2, 0) is 4.79 Å². The van der Waals surface area contributed by atoms with Gasteiger partial charge in [-0.15, -0.1) is 0 Å². The lowest BCUT2D eigenvalue weighted by atomic mass is 10.00. The van der Waals surface area contributed by atoms with Gasteiger partial charge in [-0.25, -0.2) is 9.97 Å². The largest absolute Gasteiger partial charge is 0.294 e. The van der Waals surface area contributed by atoms with Gasteiger partial charge >= 0.3 is 0 Å². The Morgan fingerprint density at radius 2 is 2.19 bits per heavy atom. The first-order chi connectivity index (χ1) is 9.97. The number of nitrogens with zero attached hydrogens (tertiary/aromatic N) is 3. The minimum Gasteiger partial charge on any atom is -0.294 e. The molecule has 1 amide bonds. The molecule has 0 radical (unpaired) electrons. The molecule has 7 nitrogen and oxygen atoms in total. The molecule has 108 valence electrons. The number of nitro benzene ring substituents is 1. The van der Waals surface area contributed by atoms with Crippen molar-refractivity contribution < 1.29 is 9.72 Å². The Kier molecular flexibility index (Phi) is 4.44. The standard InChI is InChI=1S/C13H11ClN4O3/c1-8(9-3-2-4-10(7-9)18(20)21)12(19)17-13-15-6-5-11(14)16-13/h2-8H,1H3,(H,15,16,17,19). The number of anilines is 1. The quantitative estimate of drug-likeness (QED) is 0.532. The Balaban J connectivity index is 2.15. The zero-order valence-electron chi connectivity index (χ0n) is 11.0. The fourth-order valence-electron chi connectivity index (χ4n) is 1.67. The molecule has 0 fully saturated rings. The monoisotopic (exact) mass is 306 g/mol. The van der Waals surface area contributed by atoms with E-state index in [2.05, 4.69) is 15.3 Å². The van der Waals surface area contributed by atoms with Crippen LogP contribution in [0.15, 0.2) is 36.5 Å². The Labute approximate surface area is 125 Å². The summed E-state index contributed by atoms with van der Waals surface area (Å²) in [6, 6.07) is 7.40. The fraction of sp³-hybridized carbons (Fsp3) is 0.154. The normalized spacial score (nSPS) is 11.7. The Morgan fingerprint density at radius 3 is 2.86 bits per heavy atom. The molecule has 1 aromatic heterocycles. The first-order valence-electron chi connectivity index (χ1n) is 6.01. The van der Waals surface area contributed by atoms with Crippen molar-refractivity contribution in [3.8, 4) is 0 Å². The highest BCUT2D eigenvalue weighted by molar-refractivity contribution is 6.29. The van der Waals surface area contributed by atoms with Crippen molar-refractivity contribution in [1.29, 1.82) is 0 Å². The predicted molar refractivity (Wildman–Crippen MR) is 77.2 cm³/mol. The van der Waals surface area contributed by atoms with Crippen molar-refractivity contribution in [2.75, 3.05) is 5.32 Å². The van der Waals surface area contributed by atoms with Gasteiger partial charge in [0.2, 0.25) is 11.9 Å². The molecule has 1 heterocycles. The van der Waals surface area contributed by atoms with Crippen LogP contribution < -0.4 is 5.32 Å². The van der Waals surface area contributed by atoms with E-state index in [0.717, 1.165) is 0 Å². The molecule has 0 saturated heterocycles. The molecule has 0 bridgehead atoms. The van der Waals surface area contributed by atoms with Crippen LogP contribution in [0.5, 0.6) is 0 Å². The number of carbonyl (C=O) groups is 1. The van der Waals surface area contributed by atoms with Gasteiger partial charge in [0.15, 0.2) is 0 Å². The molecule has 2 rings (SSSR count). The summed E-state index contributed by atoms with van der Waals surface area (Å²) in [4.78, 5) is 30.1. The van der Waals surface area contributed by atoms with Crippen LogP contribution >= 0.6 is 11.6 Å².